The van der Waals surface area contributed by atoms with Crippen LogP contribution < -0.4 is 20.9 Å². The number of amides is 1. The number of piperidine rings is 1. The molecule has 10 heteroatoms. The van der Waals surface area contributed by atoms with Gasteiger partial charge in [-0.15, -0.1) is 0 Å². The first-order valence-electron chi connectivity index (χ1n) is 12.4. The first-order chi connectivity index (χ1) is 18.3. The summed E-state index contributed by atoms with van der Waals surface area (Å²) in [7, 11) is 0. The Kier molecular flexibility index (Phi) is 6.51. The third kappa shape index (κ3) is 4.78. The van der Waals surface area contributed by atoms with Crippen LogP contribution in [0.25, 0.3) is 5.57 Å². The van der Waals surface area contributed by atoms with E-state index in [0.717, 1.165) is 27.8 Å². The normalized spacial score (nSPS) is 15.7. The Balaban J connectivity index is 1.63. The second kappa shape index (κ2) is 9.94. The molecule has 2 aliphatic heterocycles. The summed E-state index contributed by atoms with van der Waals surface area (Å²) in [6, 6.07) is 13.5. The topological polar surface area (TPSA) is 161 Å². The van der Waals surface area contributed by atoms with Gasteiger partial charge < -0.3 is 30.9 Å². The van der Waals surface area contributed by atoms with Crippen molar-refractivity contribution in [1.82, 2.24) is 14.9 Å². The van der Waals surface area contributed by atoms with Gasteiger partial charge in [-0.1, -0.05) is 12.1 Å². The van der Waals surface area contributed by atoms with E-state index in [1.807, 2.05) is 31.2 Å². The molecule has 1 fully saturated rings. The van der Waals surface area contributed by atoms with Crippen LogP contribution in [-0.2, 0) is 6.42 Å². The molecule has 5 N–H and O–H groups in total. The molecule has 10 nitrogen and oxygen atoms in total. The Morgan fingerprint density at radius 3 is 2.61 bits per heavy atom. The number of carboxylic acid groups (broad SMARTS) is 1. The van der Waals surface area contributed by atoms with Gasteiger partial charge in [-0.05, 0) is 54.0 Å². The number of nitrogens with two attached hydrogens (primary N) is 2. The average molecular weight is 513 g/mol. The minimum Gasteiger partial charge on any atom is -0.490 e. The third-order valence-electron chi connectivity index (χ3n) is 6.93. The number of nitrogens with zero attached hydrogens (tertiary/aromatic N) is 4. The predicted molar refractivity (Wildman–Crippen MR) is 142 cm³/mol. The van der Waals surface area contributed by atoms with E-state index in [4.69, 9.17) is 20.9 Å². The summed E-state index contributed by atoms with van der Waals surface area (Å²) in [6.45, 7) is 3.06. The summed E-state index contributed by atoms with van der Waals surface area (Å²) in [6.07, 6.45) is 4.25. The third-order valence-corrected chi connectivity index (χ3v) is 6.93. The maximum Gasteiger partial charge on any atom is 0.407 e. The van der Waals surface area contributed by atoms with E-state index >= 15 is 0 Å². The molecule has 2 aliphatic rings. The Labute approximate surface area is 220 Å². The monoisotopic (exact) mass is 512 g/mol. The Morgan fingerprint density at radius 2 is 1.97 bits per heavy atom. The first-order valence-corrected chi connectivity index (χ1v) is 12.4. The SMILES string of the molecule is CCOc1cc(Cc2cnc(N)nc2N)cc2c1OC1(C=C2c2ccc(C#N)cc2)CCN(C(=O)O)CC1. The molecule has 0 unspecified atom stereocenters. The molecular formula is C28H28N6O4. The van der Waals surface area contributed by atoms with Crippen molar-refractivity contribution in [2.45, 2.75) is 31.8 Å². The molecule has 0 atom stereocenters. The lowest BCUT2D eigenvalue weighted by molar-refractivity contribution is 0.0373. The number of benzene rings is 2. The minimum absolute atomic E-state index is 0.116. The first kappa shape index (κ1) is 24.9. The highest BCUT2D eigenvalue weighted by atomic mass is 16.5. The summed E-state index contributed by atoms with van der Waals surface area (Å²) in [5, 5.41) is 18.8. The lowest BCUT2D eigenvalue weighted by Crippen LogP contribution is -2.49. The van der Waals surface area contributed by atoms with Crippen molar-refractivity contribution < 1.29 is 19.4 Å². The highest BCUT2D eigenvalue weighted by Crippen LogP contribution is 2.48. The number of fused-ring (bicyclic) bond motifs is 1. The van der Waals surface area contributed by atoms with Crippen molar-refractivity contribution >= 4 is 23.4 Å². The highest BCUT2D eigenvalue weighted by molar-refractivity contribution is 5.87. The van der Waals surface area contributed by atoms with E-state index in [1.54, 1.807) is 18.3 Å². The lowest BCUT2D eigenvalue weighted by Gasteiger charge is -2.42. The van der Waals surface area contributed by atoms with E-state index in [-0.39, 0.29) is 5.95 Å². The maximum absolute atomic E-state index is 11.5. The predicted octanol–water partition coefficient (Wildman–Crippen LogP) is 3.84. The second-order valence-corrected chi connectivity index (χ2v) is 9.40. The maximum atomic E-state index is 11.5. The molecule has 1 spiro atoms. The summed E-state index contributed by atoms with van der Waals surface area (Å²) in [5.41, 5.74) is 16.0. The van der Waals surface area contributed by atoms with Gasteiger partial charge in [-0.2, -0.15) is 10.2 Å². The van der Waals surface area contributed by atoms with Crippen LogP contribution in [0.1, 0.15) is 47.6 Å². The van der Waals surface area contributed by atoms with Gasteiger partial charge in [0.2, 0.25) is 5.95 Å². The van der Waals surface area contributed by atoms with E-state index in [9.17, 15) is 15.2 Å². The number of nitriles is 1. The van der Waals surface area contributed by atoms with Gasteiger partial charge in [0.15, 0.2) is 11.5 Å². The standard InChI is InChI=1S/C28H28N6O4/c1-2-37-23-13-18(11-20-16-32-26(31)33-25(20)30)12-21-22(19-5-3-17(15-29)4-6-19)14-28(38-24(21)23)7-9-34(10-8-28)27(35)36/h3-6,12-14,16H,2,7-11H2,1H3,(H,35,36)(H4,30,31,32,33). The zero-order valence-corrected chi connectivity index (χ0v) is 21.0. The zero-order valence-electron chi connectivity index (χ0n) is 21.0. The quantitative estimate of drug-likeness (QED) is 0.461. The molecule has 3 aromatic rings. The van der Waals surface area contributed by atoms with Crippen molar-refractivity contribution in [2.75, 3.05) is 31.2 Å². The fraction of sp³-hybridized carbons (Fsp3) is 0.286. The van der Waals surface area contributed by atoms with Crippen LogP contribution in [0.2, 0.25) is 0 Å². The lowest BCUT2D eigenvalue weighted by atomic mass is 9.82. The number of rotatable bonds is 5. The van der Waals surface area contributed by atoms with Gasteiger partial charge in [0.25, 0.3) is 0 Å². The molecule has 0 saturated carbocycles. The van der Waals surface area contributed by atoms with Crippen molar-refractivity contribution in [3.05, 3.63) is 76.5 Å². The number of nitrogen functional groups attached to an aromatic ring is 2. The fourth-order valence-corrected chi connectivity index (χ4v) is 4.98. The van der Waals surface area contributed by atoms with Gasteiger partial charge in [-0.3, -0.25) is 0 Å². The van der Waals surface area contributed by atoms with Gasteiger partial charge in [0.05, 0.1) is 18.2 Å². The molecule has 2 aromatic carbocycles. The molecule has 0 aliphatic carbocycles. The average Bonchev–Trinajstić information content (AvgIpc) is 2.91. The van der Waals surface area contributed by atoms with E-state index in [2.05, 4.69) is 22.1 Å². The van der Waals surface area contributed by atoms with Crippen LogP contribution in [0.4, 0.5) is 16.6 Å². The van der Waals surface area contributed by atoms with Crippen molar-refractivity contribution in [3.63, 3.8) is 0 Å². The molecule has 0 radical (unpaired) electrons. The van der Waals surface area contributed by atoms with Crippen LogP contribution in [0, 0.1) is 11.3 Å². The highest BCUT2D eigenvalue weighted by Gasteiger charge is 2.41. The van der Waals surface area contributed by atoms with Crippen LogP contribution in [0.3, 0.4) is 0 Å². The molecule has 5 rings (SSSR count). The van der Waals surface area contributed by atoms with E-state index < -0.39 is 11.7 Å². The van der Waals surface area contributed by atoms with Crippen molar-refractivity contribution in [3.8, 4) is 17.6 Å². The summed E-state index contributed by atoms with van der Waals surface area (Å²) in [4.78, 5) is 21.1. The van der Waals surface area contributed by atoms with Gasteiger partial charge >= 0.3 is 6.09 Å². The molecule has 38 heavy (non-hydrogen) atoms. The fourth-order valence-electron chi connectivity index (χ4n) is 4.98. The number of hydrogen-bond donors (Lipinski definition) is 3. The summed E-state index contributed by atoms with van der Waals surface area (Å²) in [5.74, 6) is 1.64. The smallest absolute Gasteiger partial charge is 0.407 e. The number of ether oxygens (including phenoxy) is 2. The molecule has 194 valence electrons. The van der Waals surface area contributed by atoms with Crippen LogP contribution in [0.5, 0.6) is 11.5 Å². The number of carbonyl (C=O) groups is 1. The summed E-state index contributed by atoms with van der Waals surface area (Å²) < 4.78 is 12.7. The van der Waals surface area contributed by atoms with Crippen LogP contribution in [0.15, 0.2) is 48.7 Å². The Morgan fingerprint density at radius 1 is 1.24 bits per heavy atom. The van der Waals surface area contributed by atoms with E-state index in [0.29, 0.717) is 61.8 Å². The van der Waals surface area contributed by atoms with Gasteiger partial charge in [-0.25, -0.2) is 9.78 Å². The molecule has 1 amide bonds. The van der Waals surface area contributed by atoms with Gasteiger partial charge in [0.1, 0.15) is 11.4 Å². The largest absolute Gasteiger partial charge is 0.490 e. The molecular weight excluding hydrogens is 484 g/mol. The number of anilines is 2. The Hall–Kier alpha value is -4.78. The Bertz CT molecular complexity index is 1450. The molecule has 0 bridgehead atoms. The molecule has 1 aromatic heterocycles. The zero-order chi connectivity index (χ0) is 26.9. The van der Waals surface area contributed by atoms with Gasteiger partial charge in [0, 0.05) is 49.7 Å². The van der Waals surface area contributed by atoms with Crippen molar-refractivity contribution in [1.29, 1.82) is 5.26 Å². The molecule has 3 heterocycles. The van der Waals surface area contributed by atoms with Crippen LogP contribution >= 0.6 is 0 Å². The van der Waals surface area contributed by atoms with Crippen LogP contribution in [-0.4, -0.2) is 51.4 Å². The molecule has 1 saturated heterocycles. The summed E-state index contributed by atoms with van der Waals surface area (Å²) >= 11 is 0. The minimum atomic E-state index is -0.932. The van der Waals surface area contributed by atoms with Crippen molar-refractivity contribution in [2.24, 2.45) is 0 Å². The second-order valence-electron chi connectivity index (χ2n) is 9.40. The number of likely N-dealkylation sites (tertiary alicyclic amines) is 1. The number of aromatic nitrogens is 2. The number of hydrogen-bond acceptors (Lipinski definition) is 8. The van der Waals surface area contributed by atoms with E-state index in [1.165, 1.54) is 4.90 Å².